The van der Waals surface area contributed by atoms with Crippen molar-refractivity contribution < 1.29 is 13.2 Å². The van der Waals surface area contributed by atoms with Crippen molar-refractivity contribution in [3.63, 3.8) is 0 Å². The van der Waals surface area contributed by atoms with Crippen molar-refractivity contribution in [1.82, 2.24) is 5.32 Å². The van der Waals surface area contributed by atoms with Crippen molar-refractivity contribution >= 4 is 11.3 Å². The lowest BCUT2D eigenvalue weighted by molar-refractivity contribution is -0.157. The van der Waals surface area contributed by atoms with E-state index in [0.717, 1.165) is 11.3 Å². The van der Waals surface area contributed by atoms with E-state index in [4.69, 9.17) is 5.26 Å². The van der Waals surface area contributed by atoms with Crippen LogP contribution >= 0.6 is 11.3 Å². The summed E-state index contributed by atoms with van der Waals surface area (Å²) < 4.78 is 36.7. The highest BCUT2D eigenvalue weighted by atomic mass is 32.1. The van der Waals surface area contributed by atoms with E-state index in [9.17, 15) is 13.2 Å². The van der Waals surface area contributed by atoms with Crippen LogP contribution in [0.25, 0.3) is 0 Å². The van der Waals surface area contributed by atoms with Gasteiger partial charge in [0.1, 0.15) is 0 Å². The summed E-state index contributed by atoms with van der Waals surface area (Å²) in [4.78, 5) is 2.19. The molecule has 0 spiro atoms. The molecule has 6 heteroatoms. The molecule has 0 radical (unpaired) electrons. The number of halogens is 3. The number of nitrogens with one attached hydrogen (secondary N) is 1. The van der Waals surface area contributed by atoms with Gasteiger partial charge >= 0.3 is 6.18 Å². The lowest BCUT2D eigenvalue weighted by Crippen LogP contribution is -2.32. The monoisotopic (exact) mass is 262 g/mol. The molecule has 0 fully saturated rings. The first-order valence-electron chi connectivity index (χ1n) is 5.22. The first-order chi connectivity index (χ1) is 7.97. The molecule has 1 rings (SSSR count). The Balaban J connectivity index is 2.39. The molecule has 94 valence electrons. The summed E-state index contributed by atoms with van der Waals surface area (Å²) in [7, 11) is 0. The number of nitrogens with zero attached hydrogens (tertiary/aromatic N) is 1. The Morgan fingerprint density at radius 3 is 2.53 bits per heavy atom. The average Bonchev–Trinajstić information content (AvgIpc) is 2.70. The van der Waals surface area contributed by atoms with Crippen LogP contribution in [-0.2, 0) is 13.0 Å². The second-order valence-electron chi connectivity index (χ2n) is 3.58. The fraction of sp³-hybridized carbons (Fsp3) is 0.545. The van der Waals surface area contributed by atoms with Crippen molar-refractivity contribution in [2.75, 3.05) is 6.54 Å². The van der Waals surface area contributed by atoms with Crippen LogP contribution in [-0.4, -0.2) is 12.7 Å². The lowest BCUT2D eigenvalue weighted by atomic mass is 10.1. The Bertz CT molecular complexity index is 392. The largest absolute Gasteiger partial charge is 0.405 e. The highest BCUT2D eigenvalue weighted by molar-refractivity contribution is 7.11. The molecule has 1 aromatic heterocycles. The zero-order chi connectivity index (χ0) is 12.9. The third-order valence-electron chi connectivity index (χ3n) is 2.26. The third kappa shape index (κ3) is 4.36. The van der Waals surface area contributed by atoms with Crippen LogP contribution in [0.15, 0.2) is 12.1 Å². The number of nitriles is 1. The van der Waals surface area contributed by atoms with Crippen LogP contribution in [0.2, 0.25) is 0 Å². The van der Waals surface area contributed by atoms with Crippen LogP contribution in [0, 0.1) is 17.2 Å². The molecular formula is C11H13F3N2S. The molecule has 1 heterocycles. The van der Waals surface area contributed by atoms with E-state index in [-0.39, 0.29) is 6.54 Å². The van der Waals surface area contributed by atoms with Crippen LogP contribution in [0.3, 0.4) is 0 Å². The first kappa shape index (κ1) is 14.0. The number of thiophene rings is 1. The molecule has 0 aliphatic carbocycles. The summed E-state index contributed by atoms with van der Waals surface area (Å²) >= 11 is 1.57. The van der Waals surface area contributed by atoms with Gasteiger partial charge in [-0.1, -0.05) is 6.92 Å². The minimum Gasteiger partial charge on any atom is -0.310 e. The summed E-state index contributed by atoms with van der Waals surface area (Å²) in [6, 6.07) is 5.12. The van der Waals surface area contributed by atoms with Crippen LogP contribution in [0.4, 0.5) is 13.2 Å². The van der Waals surface area contributed by atoms with Gasteiger partial charge in [0.2, 0.25) is 0 Å². The predicted octanol–water partition coefficient (Wildman–Crippen LogP) is 3.10. The van der Waals surface area contributed by atoms with Gasteiger partial charge in [-0.15, -0.1) is 11.3 Å². The molecule has 0 amide bonds. The molecule has 2 nitrogen and oxygen atoms in total. The molecule has 1 aromatic rings. The van der Waals surface area contributed by atoms with Crippen LogP contribution in [0.5, 0.6) is 0 Å². The number of hydrogen-bond acceptors (Lipinski definition) is 3. The zero-order valence-electron chi connectivity index (χ0n) is 9.34. The molecule has 0 aliphatic rings. The Morgan fingerprint density at radius 1 is 1.41 bits per heavy atom. The quantitative estimate of drug-likeness (QED) is 0.885. The average molecular weight is 262 g/mol. The topological polar surface area (TPSA) is 35.8 Å². The second-order valence-corrected chi connectivity index (χ2v) is 4.83. The Kier molecular flexibility index (Phi) is 4.97. The fourth-order valence-corrected chi connectivity index (χ4v) is 2.21. The van der Waals surface area contributed by atoms with Crippen LogP contribution in [0.1, 0.15) is 16.7 Å². The minimum absolute atomic E-state index is 0.362. The van der Waals surface area contributed by atoms with E-state index < -0.39 is 12.1 Å². The standard InChI is InChI=1S/C11H13F3N2S/c1-2-9-3-4-10(17-9)7-16-6-8(5-15)11(12,13)14/h3-4,8,16H,2,6-7H2,1H3. The fourth-order valence-electron chi connectivity index (χ4n) is 1.28. The number of alkyl halides is 3. The SMILES string of the molecule is CCc1ccc(CNCC(C#N)C(F)(F)F)s1. The molecule has 1 N–H and O–H groups in total. The van der Waals surface area contributed by atoms with Gasteiger partial charge in [-0.05, 0) is 18.6 Å². The van der Waals surface area contributed by atoms with E-state index in [1.165, 1.54) is 10.9 Å². The first-order valence-corrected chi connectivity index (χ1v) is 6.03. The second kappa shape index (κ2) is 6.03. The molecule has 0 saturated carbocycles. The van der Waals surface area contributed by atoms with Gasteiger partial charge < -0.3 is 5.32 Å². The maximum absolute atomic E-state index is 12.2. The maximum Gasteiger partial charge on any atom is 0.405 e. The van der Waals surface area contributed by atoms with E-state index >= 15 is 0 Å². The number of aryl methyl sites for hydroxylation is 1. The summed E-state index contributed by atoms with van der Waals surface area (Å²) in [5.41, 5.74) is 0. The van der Waals surface area contributed by atoms with Crippen molar-refractivity contribution in [3.8, 4) is 6.07 Å². The highest BCUT2D eigenvalue weighted by Crippen LogP contribution is 2.25. The zero-order valence-corrected chi connectivity index (χ0v) is 10.2. The molecular weight excluding hydrogens is 249 g/mol. The predicted molar refractivity (Wildman–Crippen MR) is 60.6 cm³/mol. The summed E-state index contributed by atoms with van der Waals surface area (Å²) in [6.45, 7) is 2.04. The van der Waals surface area contributed by atoms with Gasteiger partial charge in [0.25, 0.3) is 0 Å². The Labute approximate surface area is 102 Å². The van der Waals surface area contributed by atoms with E-state index in [1.54, 1.807) is 11.3 Å². The molecule has 17 heavy (non-hydrogen) atoms. The highest BCUT2D eigenvalue weighted by Gasteiger charge is 2.39. The molecule has 0 bridgehead atoms. The van der Waals surface area contributed by atoms with E-state index in [0.29, 0.717) is 6.54 Å². The van der Waals surface area contributed by atoms with Gasteiger partial charge in [-0.3, -0.25) is 0 Å². The smallest absolute Gasteiger partial charge is 0.310 e. The Morgan fingerprint density at radius 2 is 2.06 bits per heavy atom. The van der Waals surface area contributed by atoms with Gasteiger partial charge in [0, 0.05) is 22.8 Å². The Hall–Kier alpha value is -1.06. The van der Waals surface area contributed by atoms with E-state index in [1.807, 2.05) is 19.1 Å². The van der Waals surface area contributed by atoms with Crippen molar-refractivity contribution in [2.45, 2.75) is 26.1 Å². The molecule has 0 saturated heterocycles. The summed E-state index contributed by atoms with van der Waals surface area (Å²) in [6.07, 6.45) is -3.53. The van der Waals surface area contributed by atoms with Crippen molar-refractivity contribution in [1.29, 1.82) is 5.26 Å². The number of hydrogen-bond donors (Lipinski definition) is 1. The third-order valence-corrected chi connectivity index (χ3v) is 3.49. The molecule has 0 aromatic carbocycles. The summed E-state index contributed by atoms with van der Waals surface area (Å²) in [5.74, 6) is -1.94. The molecule has 1 unspecified atom stereocenters. The normalized spacial score (nSPS) is 13.4. The minimum atomic E-state index is -4.45. The van der Waals surface area contributed by atoms with Crippen molar-refractivity contribution in [3.05, 3.63) is 21.9 Å². The molecule has 0 aliphatic heterocycles. The number of rotatable bonds is 5. The summed E-state index contributed by atoms with van der Waals surface area (Å²) in [5, 5.41) is 11.1. The molecule has 1 atom stereocenters. The van der Waals surface area contributed by atoms with Gasteiger partial charge in [0.05, 0.1) is 6.07 Å². The van der Waals surface area contributed by atoms with Gasteiger partial charge in [-0.25, -0.2) is 0 Å². The lowest BCUT2D eigenvalue weighted by Gasteiger charge is -2.13. The van der Waals surface area contributed by atoms with Gasteiger partial charge in [-0.2, -0.15) is 18.4 Å². The van der Waals surface area contributed by atoms with E-state index in [2.05, 4.69) is 5.32 Å². The maximum atomic E-state index is 12.2. The van der Waals surface area contributed by atoms with Crippen LogP contribution < -0.4 is 5.32 Å². The van der Waals surface area contributed by atoms with Gasteiger partial charge in [0.15, 0.2) is 5.92 Å². The van der Waals surface area contributed by atoms with Crippen molar-refractivity contribution in [2.24, 2.45) is 5.92 Å².